The van der Waals surface area contributed by atoms with Crippen molar-refractivity contribution in [3.8, 4) is 0 Å². The Morgan fingerprint density at radius 1 is 1.33 bits per heavy atom. The highest BCUT2D eigenvalue weighted by molar-refractivity contribution is 5.81. The topological polar surface area (TPSA) is 66.6 Å². The minimum absolute atomic E-state index is 0.0156. The molecule has 1 unspecified atom stereocenters. The first-order chi connectivity index (χ1) is 6.90. The lowest BCUT2D eigenvalue weighted by molar-refractivity contribution is -0.135. The van der Waals surface area contributed by atoms with Crippen LogP contribution in [0.25, 0.3) is 0 Å². The number of nitrogens with two attached hydrogens (primary N) is 1. The molecule has 1 atom stereocenters. The Hall–Kier alpha value is -0.610. The third-order valence-electron chi connectivity index (χ3n) is 2.29. The molecule has 1 amide bonds. The lowest BCUT2D eigenvalue weighted by Crippen LogP contribution is -2.48. The average Bonchev–Trinajstić information content (AvgIpc) is 2.11. The van der Waals surface area contributed by atoms with Crippen LogP contribution >= 0.6 is 0 Å². The first-order valence-corrected chi connectivity index (χ1v) is 5.57. The summed E-state index contributed by atoms with van der Waals surface area (Å²) in [5.74, 6) is 0.347. The quantitative estimate of drug-likeness (QED) is 0.683. The first kappa shape index (κ1) is 14.4. The van der Waals surface area contributed by atoms with E-state index in [0.29, 0.717) is 18.9 Å². The molecular weight excluding hydrogens is 192 g/mol. The van der Waals surface area contributed by atoms with Gasteiger partial charge in [0.2, 0.25) is 5.91 Å². The van der Waals surface area contributed by atoms with Crippen molar-refractivity contribution in [3.63, 3.8) is 0 Å². The molecule has 3 N–H and O–H groups in total. The van der Waals surface area contributed by atoms with Crippen molar-refractivity contribution < 1.29 is 9.90 Å². The summed E-state index contributed by atoms with van der Waals surface area (Å²) in [5, 5.41) is 8.86. The summed E-state index contributed by atoms with van der Waals surface area (Å²) in [6.07, 6.45) is 0.688. The Kier molecular flexibility index (Phi) is 6.52. The standard InChI is InChI=1S/C11H24N2O2/c1-8(2)7-10(12)11(15)13(5-6-14)9(3)4/h8-10,14H,5-7,12H2,1-4H3. The van der Waals surface area contributed by atoms with Crippen molar-refractivity contribution in [2.45, 2.75) is 46.2 Å². The first-order valence-electron chi connectivity index (χ1n) is 5.57. The van der Waals surface area contributed by atoms with E-state index in [1.54, 1.807) is 4.90 Å². The molecule has 4 heteroatoms. The maximum atomic E-state index is 11.9. The van der Waals surface area contributed by atoms with Crippen LogP contribution in [-0.2, 0) is 4.79 Å². The maximum absolute atomic E-state index is 11.9. The molecule has 0 aromatic heterocycles. The van der Waals surface area contributed by atoms with Gasteiger partial charge in [0.1, 0.15) is 0 Å². The van der Waals surface area contributed by atoms with Crippen LogP contribution in [0, 0.1) is 5.92 Å². The monoisotopic (exact) mass is 216 g/mol. The molecule has 0 bridgehead atoms. The van der Waals surface area contributed by atoms with Crippen LogP contribution in [0.3, 0.4) is 0 Å². The number of aliphatic hydroxyl groups excluding tert-OH is 1. The zero-order valence-electron chi connectivity index (χ0n) is 10.2. The van der Waals surface area contributed by atoms with E-state index in [9.17, 15) is 4.79 Å². The Bertz CT molecular complexity index is 193. The summed E-state index contributed by atoms with van der Waals surface area (Å²) in [5.41, 5.74) is 5.81. The Balaban J connectivity index is 4.35. The molecule has 0 aromatic carbocycles. The van der Waals surface area contributed by atoms with Gasteiger partial charge in [0, 0.05) is 12.6 Å². The normalized spacial score (nSPS) is 13.3. The summed E-state index contributed by atoms with van der Waals surface area (Å²) in [7, 11) is 0. The van der Waals surface area contributed by atoms with E-state index in [2.05, 4.69) is 0 Å². The molecular formula is C11H24N2O2. The summed E-state index contributed by atoms with van der Waals surface area (Å²) in [4.78, 5) is 13.5. The molecule has 0 radical (unpaired) electrons. The van der Waals surface area contributed by atoms with Crippen molar-refractivity contribution in [1.29, 1.82) is 0 Å². The van der Waals surface area contributed by atoms with Crippen LogP contribution in [0.2, 0.25) is 0 Å². The molecule has 0 aliphatic carbocycles. The van der Waals surface area contributed by atoms with Gasteiger partial charge >= 0.3 is 0 Å². The van der Waals surface area contributed by atoms with Crippen LogP contribution < -0.4 is 5.73 Å². The summed E-state index contributed by atoms with van der Waals surface area (Å²) < 4.78 is 0. The van der Waals surface area contributed by atoms with E-state index in [4.69, 9.17) is 10.8 Å². The highest BCUT2D eigenvalue weighted by atomic mass is 16.3. The Labute approximate surface area is 92.4 Å². The molecule has 0 rings (SSSR count). The van der Waals surface area contributed by atoms with E-state index < -0.39 is 6.04 Å². The fourth-order valence-electron chi connectivity index (χ4n) is 1.55. The highest BCUT2D eigenvalue weighted by Gasteiger charge is 2.23. The van der Waals surface area contributed by atoms with Crippen LogP contribution in [0.5, 0.6) is 0 Å². The summed E-state index contributed by atoms with van der Waals surface area (Å²) in [6.45, 7) is 8.28. The van der Waals surface area contributed by atoms with Gasteiger partial charge in [-0.05, 0) is 26.2 Å². The number of carbonyl (C=O) groups excluding carboxylic acids is 1. The minimum atomic E-state index is -0.445. The fraction of sp³-hybridized carbons (Fsp3) is 0.909. The number of hydrogen-bond donors (Lipinski definition) is 2. The van der Waals surface area contributed by atoms with Crippen LogP contribution in [0.4, 0.5) is 0 Å². The molecule has 0 heterocycles. The highest BCUT2D eigenvalue weighted by Crippen LogP contribution is 2.08. The van der Waals surface area contributed by atoms with Crippen molar-refractivity contribution in [2.24, 2.45) is 11.7 Å². The van der Waals surface area contributed by atoms with Gasteiger partial charge < -0.3 is 15.7 Å². The molecule has 15 heavy (non-hydrogen) atoms. The van der Waals surface area contributed by atoms with E-state index in [1.165, 1.54) is 0 Å². The van der Waals surface area contributed by atoms with Crippen molar-refractivity contribution in [3.05, 3.63) is 0 Å². The van der Waals surface area contributed by atoms with Gasteiger partial charge in [-0.25, -0.2) is 0 Å². The maximum Gasteiger partial charge on any atom is 0.239 e. The Morgan fingerprint density at radius 2 is 1.87 bits per heavy atom. The molecule has 0 spiro atoms. The van der Waals surface area contributed by atoms with Gasteiger partial charge in [-0.15, -0.1) is 0 Å². The number of amides is 1. The fourth-order valence-corrected chi connectivity index (χ4v) is 1.55. The number of hydrogen-bond acceptors (Lipinski definition) is 3. The van der Waals surface area contributed by atoms with Crippen molar-refractivity contribution in [2.75, 3.05) is 13.2 Å². The third-order valence-corrected chi connectivity index (χ3v) is 2.29. The van der Waals surface area contributed by atoms with Crippen molar-refractivity contribution >= 4 is 5.91 Å². The molecule has 4 nitrogen and oxygen atoms in total. The zero-order valence-corrected chi connectivity index (χ0v) is 10.2. The number of nitrogens with zero attached hydrogens (tertiary/aromatic N) is 1. The van der Waals surface area contributed by atoms with Crippen molar-refractivity contribution in [1.82, 2.24) is 4.90 Å². The molecule has 90 valence electrons. The molecule has 0 saturated heterocycles. The van der Waals surface area contributed by atoms with E-state index in [1.807, 2.05) is 27.7 Å². The second-order valence-corrected chi connectivity index (χ2v) is 4.59. The van der Waals surface area contributed by atoms with Gasteiger partial charge in [-0.3, -0.25) is 4.79 Å². The minimum Gasteiger partial charge on any atom is -0.395 e. The van der Waals surface area contributed by atoms with E-state index >= 15 is 0 Å². The van der Waals surface area contributed by atoms with Gasteiger partial charge in [-0.2, -0.15) is 0 Å². The van der Waals surface area contributed by atoms with Crippen LogP contribution in [-0.4, -0.2) is 41.1 Å². The van der Waals surface area contributed by atoms with Gasteiger partial charge in [-0.1, -0.05) is 13.8 Å². The number of aliphatic hydroxyl groups is 1. The largest absolute Gasteiger partial charge is 0.395 e. The number of rotatable bonds is 6. The smallest absolute Gasteiger partial charge is 0.239 e. The SMILES string of the molecule is CC(C)CC(N)C(=O)N(CCO)C(C)C. The molecule has 0 saturated carbocycles. The number of carbonyl (C=O) groups is 1. The second kappa shape index (κ2) is 6.80. The second-order valence-electron chi connectivity index (χ2n) is 4.59. The van der Waals surface area contributed by atoms with Gasteiger partial charge in [0.05, 0.1) is 12.6 Å². The lowest BCUT2D eigenvalue weighted by atomic mass is 10.0. The Morgan fingerprint density at radius 3 is 2.20 bits per heavy atom. The summed E-state index contributed by atoms with van der Waals surface area (Å²) in [6, 6.07) is -0.359. The predicted octanol–water partition coefficient (Wildman–Crippen LogP) is 0.589. The van der Waals surface area contributed by atoms with Crippen LogP contribution in [0.1, 0.15) is 34.1 Å². The third kappa shape index (κ3) is 5.14. The zero-order chi connectivity index (χ0) is 12.0. The molecule has 0 fully saturated rings. The van der Waals surface area contributed by atoms with E-state index in [0.717, 1.165) is 0 Å². The van der Waals surface area contributed by atoms with Gasteiger partial charge in [0.15, 0.2) is 0 Å². The summed E-state index contributed by atoms with van der Waals surface area (Å²) >= 11 is 0. The average molecular weight is 216 g/mol. The molecule has 0 aliphatic heterocycles. The van der Waals surface area contributed by atoms with Crippen LogP contribution in [0.15, 0.2) is 0 Å². The van der Waals surface area contributed by atoms with E-state index in [-0.39, 0.29) is 18.6 Å². The molecule has 0 aliphatic rings. The predicted molar refractivity (Wildman–Crippen MR) is 61.4 cm³/mol. The van der Waals surface area contributed by atoms with Gasteiger partial charge in [0.25, 0.3) is 0 Å². The lowest BCUT2D eigenvalue weighted by Gasteiger charge is -2.29. The molecule has 0 aromatic rings.